The third-order valence-corrected chi connectivity index (χ3v) is 3.82. The van der Waals surface area contributed by atoms with E-state index in [1.54, 1.807) is 12.1 Å². The fourth-order valence-corrected chi connectivity index (χ4v) is 2.44. The molecule has 1 fully saturated rings. The fourth-order valence-electron chi connectivity index (χ4n) is 2.44. The predicted octanol–water partition coefficient (Wildman–Crippen LogP) is 2.37. The lowest BCUT2D eigenvalue weighted by atomic mass is 10.1. The Morgan fingerprint density at radius 3 is 2.77 bits per heavy atom. The van der Waals surface area contributed by atoms with E-state index in [-0.39, 0.29) is 30.1 Å². The Bertz CT molecular complexity index is 650. The molecule has 5 nitrogen and oxygen atoms in total. The molecule has 3 rings (SSSR count). The van der Waals surface area contributed by atoms with Gasteiger partial charge in [-0.2, -0.15) is 0 Å². The number of aliphatic hydroxyl groups is 1. The predicted molar refractivity (Wildman–Crippen MR) is 77.6 cm³/mol. The summed E-state index contributed by atoms with van der Waals surface area (Å²) in [4.78, 5) is 12.2. The Kier molecular flexibility index (Phi) is 4.20. The number of rotatable bonds is 6. The van der Waals surface area contributed by atoms with Gasteiger partial charge in [-0.05, 0) is 49.4 Å². The quantitative estimate of drug-likeness (QED) is 0.859. The lowest BCUT2D eigenvalue weighted by Crippen LogP contribution is -2.37. The van der Waals surface area contributed by atoms with Crippen LogP contribution in [0.1, 0.15) is 29.8 Å². The molecule has 0 spiro atoms. The third-order valence-electron chi connectivity index (χ3n) is 3.82. The van der Waals surface area contributed by atoms with E-state index in [2.05, 4.69) is 10.5 Å². The van der Waals surface area contributed by atoms with E-state index in [9.17, 15) is 9.18 Å². The molecule has 0 aliphatic heterocycles. The molecule has 1 amide bonds. The Labute approximate surface area is 127 Å². The maximum absolute atomic E-state index is 12.9. The third kappa shape index (κ3) is 3.33. The molecular formula is C16H17FN2O3. The molecule has 1 saturated carbocycles. The van der Waals surface area contributed by atoms with Crippen molar-refractivity contribution in [1.29, 1.82) is 0 Å². The highest BCUT2D eigenvalue weighted by atomic mass is 19.1. The standard InChI is InChI=1S/C16H17FN2O3/c17-12-5-3-11(4-6-12)15-9-14(19-22-15)16(21)18-13(7-8-20)10-1-2-10/h3-6,9-10,13,20H,1-2,7-8H2,(H,18,21). The van der Waals surface area contributed by atoms with Crippen LogP contribution < -0.4 is 5.32 Å². The van der Waals surface area contributed by atoms with Crippen LogP contribution in [0, 0.1) is 11.7 Å². The van der Waals surface area contributed by atoms with Crippen molar-refractivity contribution in [2.45, 2.75) is 25.3 Å². The van der Waals surface area contributed by atoms with Crippen LogP contribution in [0.15, 0.2) is 34.9 Å². The monoisotopic (exact) mass is 304 g/mol. The minimum Gasteiger partial charge on any atom is -0.396 e. The number of nitrogens with one attached hydrogen (secondary N) is 1. The van der Waals surface area contributed by atoms with Crippen LogP contribution >= 0.6 is 0 Å². The van der Waals surface area contributed by atoms with E-state index in [1.807, 2.05) is 0 Å². The molecule has 1 aromatic heterocycles. The minimum atomic E-state index is -0.336. The van der Waals surface area contributed by atoms with E-state index < -0.39 is 0 Å². The van der Waals surface area contributed by atoms with Crippen LogP contribution in [0.4, 0.5) is 4.39 Å². The number of hydrogen-bond acceptors (Lipinski definition) is 4. The molecular weight excluding hydrogens is 287 g/mol. The summed E-state index contributed by atoms with van der Waals surface area (Å²) in [6.45, 7) is 0.0427. The zero-order valence-electron chi connectivity index (χ0n) is 12.0. The van der Waals surface area contributed by atoms with Crippen molar-refractivity contribution in [2.24, 2.45) is 5.92 Å². The Hall–Kier alpha value is -2.21. The minimum absolute atomic E-state index is 0.0246. The highest BCUT2D eigenvalue weighted by Crippen LogP contribution is 2.34. The van der Waals surface area contributed by atoms with Gasteiger partial charge in [-0.25, -0.2) is 4.39 Å². The van der Waals surface area contributed by atoms with Crippen molar-refractivity contribution in [1.82, 2.24) is 10.5 Å². The number of carbonyl (C=O) groups is 1. The van der Waals surface area contributed by atoms with Crippen molar-refractivity contribution in [3.63, 3.8) is 0 Å². The zero-order valence-corrected chi connectivity index (χ0v) is 12.0. The van der Waals surface area contributed by atoms with Crippen LogP contribution in [0.5, 0.6) is 0 Å². The molecule has 1 heterocycles. The normalized spacial score (nSPS) is 15.5. The maximum Gasteiger partial charge on any atom is 0.273 e. The van der Waals surface area contributed by atoms with Gasteiger partial charge in [0.25, 0.3) is 5.91 Å². The van der Waals surface area contributed by atoms with Gasteiger partial charge in [0.15, 0.2) is 11.5 Å². The molecule has 116 valence electrons. The average Bonchev–Trinajstić information content (AvgIpc) is 3.24. The molecule has 0 bridgehead atoms. The topological polar surface area (TPSA) is 75.4 Å². The van der Waals surface area contributed by atoms with E-state index in [0.717, 1.165) is 12.8 Å². The number of halogens is 1. The van der Waals surface area contributed by atoms with Gasteiger partial charge in [0.1, 0.15) is 5.82 Å². The highest BCUT2D eigenvalue weighted by molar-refractivity contribution is 5.93. The Balaban J connectivity index is 1.69. The van der Waals surface area contributed by atoms with Gasteiger partial charge in [0.05, 0.1) is 0 Å². The number of nitrogens with zero attached hydrogens (tertiary/aromatic N) is 1. The summed E-state index contributed by atoms with van der Waals surface area (Å²) >= 11 is 0. The first-order chi connectivity index (χ1) is 10.7. The number of carbonyl (C=O) groups excluding carboxylic acids is 1. The van der Waals surface area contributed by atoms with Crippen LogP contribution in [-0.2, 0) is 0 Å². The van der Waals surface area contributed by atoms with Crippen molar-refractivity contribution < 1.29 is 18.8 Å². The molecule has 1 aliphatic carbocycles. The summed E-state index contributed by atoms with van der Waals surface area (Å²) in [5, 5.41) is 15.7. The summed E-state index contributed by atoms with van der Waals surface area (Å²) in [5.74, 6) is 0.204. The summed E-state index contributed by atoms with van der Waals surface area (Å²) < 4.78 is 18.0. The second-order valence-electron chi connectivity index (χ2n) is 5.51. The lowest BCUT2D eigenvalue weighted by Gasteiger charge is -2.15. The van der Waals surface area contributed by atoms with Gasteiger partial charge in [-0.15, -0.1) is 0 Å². The molecule has 2 aromatic rings. The smallest absolute Gasteiger partial charge is 0.273 e. The number of amides is 1. The zero-order chi connectivity index (χ0) is 15.5. The number of aliphatic hydroxyl groups excluding tert-OH is 1. The van der Waals surface area contributed by atoms with Gasteiger partial charge in [0, 0.05) is 24.3 Å². The maximum atomic E-state index is 12.9. The summed E-state index contributed by atoms with van der Waals surface area (Å²) in [6, 6.07) is 7.28. The van der Waals surface area contributed by atoms with Gasteiger partial charge in [-0.1, -0.05) is 5.16 Å². The molecule has 1 aliphatic rings. The summed E-state index contributed by atoms with van der Waals surface area (Å²) in [6.07, 6.45) is 2.69. The van der Waals surface area contributed by atoms with Crippen LogP contribution in [0.3, 0.4) is 0 Å². The first kappa shape index (κ1) is 14.7. The van der Waals surface area contributed by atoms with Gasteiger partial charge < -0.3 is 14.9 Å². The van der Waals surface area contributed by atoms with E-state index in [1.165, 1.54) is 18.2 Å². The van der Waals surface area contributed by atoms with Crippen molar-refractivity contribution in [3.8, 4) is 11.3 Å². The largest absolute Gasteiger partial charge is 0.396 e. The summed E-state index contributed by atoms with van der Waals surface area (Å²) in [7, 11) is 0. The van der Waals surface area contributed by atoms with Gasteiger partial charge in [-0.3, -0.25) is 4.79 Å². The van der Waals surface area contributed by atoms with Crippen LogP contribution in [0.25, 0.3) is 11.3 Å². The van der Waals surface area contributed by atoms with Gasteiger partial charge >= 0.3 is 0 Å². The molecule has 6 heteroatoms. The number of benzene rings is 1. The Morgan fingerprint density at radius 1 is 1.41 bits per heavy atom. The first-order valence-corrected chi connectivity index (χ1v) is 7.32. The highest BCUT2D eigenvalue weighted by Gasteiger charge is 2.32. The van der Waals surface area contributed by atoms with E-state index in [4.69, 9.17) is 9.63 Å². The average molecular weight is 304 g/mol. The van der Waals surface area contributed by atoms with E-state index in [0.29, 0.717) is 23.7 Å². The fraction of sp³-hybridized carbons (Fsp3) is 0.375. The molecule has 2 N–H and O–H groups in total. The molecule has 1 unspecified atom stereocenters. The van der Waals surface area contributed by atoms with Crippen LogP contribution in [0.2, 0.25) is 0 Å². The lowest BCUT2D eigenvalue weighted by molar-refractivity contribution is 0.0915. The second kappa shape index (κ2) is 6.27. The second-order valence-corrected chi connectivity index (χ2v) is 5.51. The number of hydrogen-bond donors (Lipinski definition) is 2. The molecule has 1 aromatic carbocycles. The Morgan fingerprint density at radius 2 is 2.14 bits per heavy atom. The van der Waals surface area contributed by atoms with Crippen LogP contribution in [-0.4, -0.2) is 28.8 Å². The molecule has 0 radical (unpaired) electrons. The first-order valence-electron chi connectivity index (χ1n) is 7.32. The molecule has 0 saturated heterocycles. The molecule has 1 atom stereocenters. The van der Waals surface area contributed by atoms with Crippen molar-refractivity contribution >= 4 is 5.91 Å². The SMILES string of the molecule is O=C(NC(CCO)C1CC1)c1cc(-c2ccc(F)cc2)on1. The summed E-state index contributed by atoms with van der Waals surface area (Å²) in [5.41, 5.74) is 0.838. The van der Waals surface area contributed by atoms with Gasteiger partial charge in [0.2, 0.25) is 0 Å². The van der Waals surface area contributed by atoms with Crippen molar-refractivity contribution in [3.05, 3.63) is 41.8 Å². The van der Waals surface area contributed by atoms with Crippen molar-refractivity contribution in [2.75, 3.05) is 6.61 Å². The molecule has 22 heavy (non-hydrogen) atoms. The van der Waals surface area contributed by atoms with E-state index >= 15 is 0 Å². The number of aromatic nitrogens is 1.